The van der Waals surface area contributed by atoms with Crippen LogP contribution in [0.2, 0.25) is 0 Å². The SMILES string of the molecule is [B]CN[C@@H](Cc1ccccc1)C(=O)NC. The van der Waals surface area contributed by atoms with Crippen LogP contribution in [-0.4, -0.2) is 33.3 Å². The highest BCUT2D eigenvalue weighted by atomic mass is 16.2. The quantitative estimate of drug-likeness (QED) is 0.663. The molecule has 0 aromatic heterocycles. The van der Waals surface area contributed by atoms with Gasteiger partial charge in [-0.3, -0.25) is 4.79 Å². The Kier molecular flexibility index (Phi) is 4.91. The second-order valence-electron chi connectivity index (χ2n) is 3.26. The third-order valence-electron chi connectivity index (χ3n) is 2.21. The van der Waals surface area contributed by atoms with Crippen LogP contribution in [0.3, 0.4) is 0 Å². The van der Waals surface area contributed by atoms with Gasteiger partial charge in [0.2, 0.25) is 5.91 Å². The molecule has 2 radical (unpaired) electrons. The van der Waals surface area contributed by atoms with Crippen LogP contribution in [0.15, 0.2) is 30.3 Å². The van der Waals surface area contributed by atoms with Crippen LogP contribution < -0.4 is 10.6 Å². The van der Waals surface area contributed by atoms with Gasteiger partial charge in [0.1, 0.15) is 0 Å². The summed E-state index contributed by atoms with van der Waals surface area (Å²) in [5, 5.41) is 5.56. The first-order valence-corrected chi connectivity index (χ1v) is 4.97. The topological polar surface area (TPSA) is 41.1 Å². The summed E-state index contributed by atoms with van der Waals surface area (Å²) >= 11 is 0. The zero-order valence-corrected chi connectivity index (χ0v) is 8.86. The molecule has 78 valence electrons. The summed E-state index contributed by atoms with van der Waals surface area (Å²) in [6.07, 6.45) is 0.947. The first-order valence-electron chi connectivity index (χ1n) is 4.97. The molecule has 0 saturated carbocycles. The Hall–Kier alpha value is -1.29. The summed E-state index contributed by atoms with van der Waals surface area (Å²) in [6, 6.07) is 9.59. The van der Waals surface area contributed by atoms with Gasteiger partial charge < -0.3 is 10.6 Å². The molecular weight excluding hydrogens is 187 g/mol. The molecule has 0 spiro atoms. The number of likely N-dealkylation sites (N-methyl/N-ethyl adjacent to an activating group) is 1. The number of carbonyl (C=O) groups is 1. The number of hydrogen-bond acceptors (Lipinski definition) is 2. The molecule has 1 amide bonds. The van der Waals surface area contributed by atoms with Crippen molar-refractivity contribution in [3.8, 4) is 0 Å². The molecule has 0 fully saturated rings. The van der Waals surface area contributed by atoms with Gasteiger partial charge in [-0.05, 0) is 18.4 Å². The van der Waals surface area contributed by atoms with E-state index in [0.717, 1.165) is 5.56 Å². The minimum Gasteiger partial charge on any atom is -0.358 e. The Balaban J connectivity index is 2.62. The molecule has 0 saturated heterocycles. The van der Waals surface area contributed by atoms with Crippen molar-refractivity contribution < 1.29 is 4.79 Å². The fraction of sp³-hybridized carbons (Fsp3) is 0.364. The van der Waals surface area contributed by atoms with E-state index in [4.69, 9.17) is 7.85 Å². The van der Waals surface area contributed by atoms with Gasteiger partial charge in [0.05, 0.1) is 13.9 Å². The van der Waals surface area contributed by atoms with E-state index in [0.29, 0.717) is 12.9 Å². The van der Waals surface area contributed by atoms with Gasteiger partial charge in [0.15, 0.2) is 0 Å². The maximum absolute atomic E-state index is 11.5. The number of rotatable bonds is 5. The van der Waals surface area contributed by atoms with Gasteiger partial charge in [-0.1, -0.05) is 30.3 Å². The lowest BCUT2D eigenvalue weighted by Gasteiger charge is -2.16. The molecular formula is C11H15BN2O. The summed E-state index contributed by atoms with van der Waals surface area (Å²) in [5.41, 5.74) is 1.12. The van der Waals surface area contributed by atoms with Crippen molar-refractivity contribution in [2.45, 2.75) is 12.5 Å². The third-order valence-corrected chi connectivity index (χ3v) is 2.21. The normalized spacial score (nSPS) is 12.1. The first kappa shape index (κ1) is 11.8. The number of benzene rings is 1. The predicted molar refractivity (Wildman–Crippen MR) is 61.8 cm³/mol. The number of nitrogens with one attached hydrogen (secondary N) is 2. The van der Waals surface area contributed by atoms with Crippen LogP contribution in [0.5, 0.6) is 0 Å². The highest BCUT2D eigenvalue weighted by molar-refractivity contribution is 6.09. The largest absolute Gasteiger partial charge is 0.358 e. The minimum atomic E-state index is -0.262. The highest BCUT2D eigenvalue weighted by Crippen LogP contribution is 2.02. The standard InChI is InChI=1S/C11H15BN2O/c1-13-11(15)10(14-8-12)7-9-5-3-2-4-6-9/h2-6,10,14H,7-8H2,1H3,(H,13,15)/t10-/m0/s1. The molecule has 1 rings (SSSR count). The maximum Gasteiger partial charge on any atom is 0.237 e. The Morgan fingerprint density at radius 3 is 2.60 bits per heavy atom. The Morgan fingerprint density at radius 1 is 1.40 bits per heavy atom. The minimum absolute atomic E-state index is 0.0377. The average Bonchev–Trinajstić information content (AvgIpc) is 2.29. The molecule has 0 aliphatic rings. The summed E-state index contributed by atoms with van der Waals surface area (Å²) in [6.45, 7) is 0. The summed E-state index contributed by atoms with van der Waals surface area (Å²) in [4.78, 5) is 11.5. The molecule has 4 heteroatoms. The van der Waals surface area contributed by atoms with Crippen molar-refractivity contribution in [1.82, 2.24) is 10.6 Å². The van der Waals surface area contributed by atoms with Crippen molar-refractivity contribution in [2.75, 3.05) is 13.5 Å². The van der Waals surface area contributed by atoms with Crippen LogP contribution >= 0.6 is 0 Å². The Morgan fingerprint density at radius 2 is 2.07 bits per heavy atom. The van der Waals surface area contributed by atoms with E-state index in [1.54, 1.807) is 7.05 Å². The second-order valence-corrected chi connectivity index (χ2v) is 3.26. The van der Waals surface area contributed by atoms with Crippen LogP contribution in [0, 0.1) is 0 Å². The summed E-state index contributed by atoms with van der Waals surface area (Å²) in [5.74, 6) is -0.0377. The van der Waals surface area contributed by atoms with Crippen molar-refractivity contribution in [1.29, 1.82) is 0 Å². The molecule has 1 atom stereocenters. The van der Waals surface area contributed by atoms with Gasteiger partial charge in [-0.25, -0.2) is 0 Å². The van der Waals surface area contributed by atoms with Crippen LogP contribution in [0.4, 0.5) is 0 Å². The van der Waals surface area contributed by atoms with Gasteiger partial charge >= 0.3 is 0 Å². The maximum atomic E-state index is 11.5. The third kappa shape index (κ3) is 3.76. The molecule has 15 heavy (non-hydrogen) atoms. The molecule has 0 heterocycles. The van der Waals surface area contributed by atoms with E-state index < -0.39 is 0 Å². The van der Waals surface area contributed by atoms with E-state index in [-0.39, 0.29) is 11.9 Å². The number of carbonyl (C=O) groups excluding carboxylic acids is 1. The molecule has 3 nitrogen and oxygen atoms in total. The molecule has 0 aliphatic heterocycles. The molecule has 2 N–H and O–H groups in total. The van der Waals surface area contributed by atoms with Crippen molar-refractivity contribution in [2.24, 2.45) is 0 Å². The Bertz CT molecular complexity index is 303. The van der Waals surface area contributed by atoms with Gasteiger partial charge in [-0.2, -0.15) is 0 Å². The molecule has 0 aliphatic carbocycles. The van der Waals surface area contributed by atoms with Gasteiger partial charge in [0, 0.05) is 7.05 Å². The smallest absolute Gasteiger partial charge is 0.237 e. The monoisotopic (exact) mass is 202 g/mol. The molecule has 0 bridgehead atoms. The first-order chi connectivity index (χ1) is 7.27. The van der Waals surface area contributed by atoms with Gasteiger partial charge in [0.25, 0.3) is 0 Å². The zero-order valence-electron chi connectivity index (χ0n) is 8.86. The summed E-state index contributed by atoms with van der Waals surface area (Å²) < 4.78 is 0. The number of hydrogen-bond donors (Lipinski definition) is 2. The van der Waals surface area contributed by atoms with E-state index in [2.05, 4.69) is 10.6 Å². The van der Waals surface area contributed by atoms with E-state index in [1.165, 1.54) is 0 Å². The van der Waals surface area contributed by atoms with Crippen LogP contribution in [0.25, 0.3) is 0 Å². The molecule has 0 unspecified atom stereocenters. The van der Waals surface area contributed by atoms with Gasteiger partial charge in [-0.15, -0.1) is 0 Å². The lowest BCUT2D eigenvalue weighted by molar-refractivity contribution is -0.122. The lowest BCUT2D eigenvalue weighted by Crippen LogP contribution is -2.44. The van der Waals surface area contributed by atoms with E-state index in [9.17, 15) is 4.79 Å². The van der Waals surface area contributed by atoms with Crippen LogP contribution in [-0.2, 0) is 11.2 Å². The van der Waals surface area contributed by atoms with E-state index in [1.807, 2.05) is 30.3 Å². The van der Waals surface area contributed by atoms with E-state index >= 15 is 0 Å². The summed E-state index contributed by atoms with van der Waals surface area (Å²) in [7, 11) is 7.01. The average molecular weight is 202 g/mol. The second kappa shape index (κ2) is 6.25. The Labute approximate surface area is 91.7 Å². The molecule has 1 aromatic rings. The van der Waals surface area contributed by atoms with Crippen molar-refractivity contribution in [3.05, 3.63) is 35.9 Å². The lowest BCUT2D eigenvalue weighted by atomic mass is 10.0. The highest BCUT2D eigenvalue weighted by Gasteiger charge is 2.15. The number of amides is 1. The predicted octanol–water partition coefficient (Wildman–Crippen LogP) is 0.0593. The van der Waals surface area contributed by atoms with Crippen molar-refractivity contribution in [3.63, 3.8) is 0 Å². The fourth-order valence-corrected chi connectivity index (χ4v) is 1.42. The van der Waals surface area contributed by atoms with Crippen LogP contribution in [0.1, 0.15) is 5.56 Å². The molecule has 1 aromatic carbocycles. The zero-order chi connectivity index (χ0) is 11.1. The fourth-order valence-electron chi connectivity index (χ4n) is 1.42. The van der Waals surface area contributed by atoms with Crippen molar-refractivity contribution >= 4 is 13.8 Å².